The molecule has 0 aromatic carbocycles. The quantitative estimate of drug-likeness (QED) is 0.530. The number of nitrogens with zero attached hydrogens (tertiary/aromatic N) is 1. The Hall–Kier alpha value is -1.34. The Balaban J connectivity index is 2.31. The molecule has 2 amide bonds. The molecule has 2 unspecified atom stereocenters. The van der Waals surface area contributed by atoms with Crippen molar-refractivity contribution in [3.63, 3.8) is 0 Å². The van der Waals surface area contributed by atoms with Crippen LogP contribution in [0, 0.1) is 0 Å². The molecule has 7 nitrogen and oxygen atoms in total. The van der Waals surface area contributed by atoms with Gasteiger partial charge in [0.1, 0.15) is 0 Å². The fourth-order valence-electron chi connectivity index (χ4n) is 1.85. The SMILES string of the molecule is CN1CCCC(NC(=O)NCC(C)(O)C(=O)O)C1. The molecule has 1 rings (SSSR count). The lowest BCUT2D eigenvalue weighted by molar-refractivity contribution is -0.155. The molecule has 0 bridgehead atoms. The van der Waals surface area contributed by atoms with E-state index in [4.69, 9.17) is 5.11 Å². The van der Waals surface area contributed by atoms with Gasteiger partial charge >= 0.3 is 12.0 Å². The van der Waals surface area contributed by atoms with E-state index in [0.29, 0.717) is 0 Å². The highest BCUT2D eigenvalue weighted by Crippen LogP contribution is 2.07. The second kappa shape index (κ2) is 6.01. The highest BCUT2D eigenvalue weighted by molar-refractivity contribution is 5.79. The Morgan fingerprint density at radius 2 is 2.17 bits per heavy atom. The minimum absolute atomic E-state index is 0.0681. The number of carboxylic acid groups (broad SMARTS) is 1. The molecular weight excluding hydrogens is 238 g/mol. The van der Waals surface area contributed by atoms with Gasteiger partial charge in [-0.25, -0.2) is 9.59 Å². The maximum absolute atomic E-state index is 11.5. The molecule has 1 fully saturated rings. The van der Waals surface area contributed by atoms with Gasteiger partial charge in [-0.3, -0.25) is 0 Å². The number of amides is 2. The maximum Gasteiger partial charge on any atom is 0.337 e. The van der Waals surface area contributed by atoms with Crippen LogP contribution in [0.1, 0.15) is 19.8 Å². The number of likely N-dealkylation sites (tertiary alicyclic amines) is 1. The molecule has 0 aromatic heterocycles. The van der Waals surface area contributed by atoms with Crippen molar-refractivity contribution in [3.8, 4) is 0 Å². The Kier molecular flexibility index (Phi) is 4.92. The average molecular weight is 259 g/mol. The zero-order chi connectivity index (χ0) is 13.8. The van der Waals surface area contributed by atoms with E-state index in [0.717, 1.165) is 32.9 Å². The van der Waals surface area contributed by atoms with Gasteiger partial charge in [-0.1, -0.05) is 0 Å². The predicted octanol–water partition coefficient (Wildman–Crippen LogP) is -0.785. The third kappa shape index (κ3) is 4.50. The van der Waals surface area contributed by atoms with Crippen molar-refractivity contribution in [1.29, 1.82) is 0 Å². The summed E-state index contributed by atoms with van der Waals surface area (Å²) in [4.78, 5) is 24.3. The molecule has 1 saturated heterocycles. The number of carbonyl (C=O) groups is 2. The first kappa shape index (κ1) is 14.7. The Morgan fingerprint density at radius 3 is 2.72 bits per heavy atom. The second-order valence-corrected chi connectivity index (χ2v) is 5.01. The number of piperidine rings is 1. The van der Waals surface area contributed by atoms with Crippen LogP contribution in [0.25, 0.3) is 0 Å². The summed E-state index contributed by atoms with van der Waals surface area (Å²) in [7, 11) is 1.99. The molecule has 0 spiro atoms. The van der Waals surface area contributed by atoms with E-state index in [9.17, 15) is 14.7 Å². The third-order valence-corrected chi connectivity index (χ3v) is 3.01. The first-order valence-electron chi connectivity index (χ1n) is 6.00. The smallest absolute Gasteiger partial charge is 0.337 e. The van der Waals surface area contributed by atoms with E-state index in [1.165, 1.54) is 0 Å². The molecule has 1 heterocycles. The molecule has 4 N–H and O–H groups in total. The lowest BCUT2D eigenvalue weighted by atomic mass is 10.1. The third-order valence-electron chi connectivity index (χ3n) is 3.01. The summed E-state index contributed by atoms with van der Waals surface area (Å²) in [5.41, 5.74) is -1.94. The summed E-state index contributed by atoms with van der Waals surface area (Å²) in [5.74, 6) is -1.36. The lowest BCUT2D eigenvalue weighted by Crippen LogP contribution is -2.53. The summed E-state index contributed by atoms with van der Waals surface area (Å²) in [5, 5.41) is 23.3. The normalized spacial score (nSPS) is 24.1. The molecule has 2 atom stereocenters. The van der Waals surface area contributed by atoms with Gasteiger partial charge in [-0.2, -0.15) is 0 Å². The van der Waals surface area contributed by atoms with Crippen molar-refractivity contribution in [3.05, 3.63) is 0 Å². The number of likely N-dealkylation sites (N-methyl/N-ethyl adjacent to an activating group) is 1. The van der Waals surface area contributed by atoms with Crippen molar-refractivity contribution >= 4 is 12.0 Å². The van der Waals surface area contributed by atoms with Crippen LogP contribution in [0.3, 0.4) is 0 Å². The standard InChI is InChI=1S/C11H21N3O4/c1-11(18,9(15)16)7-12-10(17)13-8-4-3-5-14(2)6-8/h8,18H,3-7H2,1-2H3,(H,15,16)(H2,12,13,17). The lowest BCUT2D eigenvalue weighted by Gasteiger charge is -2.30. The van der Waals surface area contributed by atoms with Gasteiger partial charge in [0.2, 0.25) is 0 Å². The molecule has 104 valence electrons. The van der Waals surface area contributed by atoms with E-state index in [-0.39, 0.29) is 12.6 Å². The molecule has 1 aliphatic rings. The topological polar surface area (TPSA) is 102 Å². The molecule has 0 saturated carbocycles. The number of rotatable bonds is 4. The number of urea groups is 1. The number of aliphatic carboxylic acids is 1. The summed E-state index contributed by atoms with van der Waals surface area (Å²) in [6, 6.07) is -0.379. The Labute approximate surface area is 106 Å². The predicted molar refractivity (Wildman–Crippen MR) is 65.3 cm³/mol. The minimum Gasteiger partial charge on any atom is -0.479 e. The maximum atomic E-state index is 11.5. The van der Waals surface area contributed by atoms with Crippen molar-refractivity contribution in [2.45, 2.75) is 31.4 Å². The van der Waals surface area contributed by atoms with E-state index >= 15 is 0 Å². The first-order chi connectivity index (χ1) is 8.31. The Morgan fingerprint density at radius 1 is 1.50 bits per heavy atom. The zero-order valence-corrected chi connectivity index (χ0v) is 10.8. The van der Waals surface area contributed by atoms with Crippen molar-refractivity contribution in [1.82, 2.24) is 15.5 Å². The van der Waals surface area contributed by atoms with Crippen molar-refractivity contribution in [2.24, 2.45) is 0 Å². The first-order valence-corrected chi connectivity index (χ1v) is 6.00. The summed E-state index contributed by atoms with van der Waals surface area (Å²) >= 11 is 0. The van der Waals surface area contributed by atoms with E-state index < -0.39 is 17.6 Å². The van der Waals surface area contributed by atoms with Crippen molar-refractivity contribution in [2.75, 3.05) is 26.7 Å². The van der Waals surface area contributed by atoms with E-state index in [1.54, 1.807) is 0 Å². The van der Waals surface area contributed by atoms with Crippen LogP contribution in [-0.4, -0.2) is 65.4 Å². The average Bonchev–Trinajstić information content (AvgIpc) is 2.26. The summed E-state index contributed by atoms with van der Waals surface area (Å²) in [6.07, 6.45) is 1.93. The molecule has 1 aliphatic heterocycles. The van der Waals surface area contributed by atoms with Crippen LogP contribution in [0.4, 0.5) is 4.79 Å². The van der Waals surface area contributed by atoms with E-state index in [2.05, 4.69) is 15.5 Å². The van der Waals surface area contributed by atoms with Crippen LogP contribution in [0.15, 0.2) is 0 Å². The molecular formula is C11H21N3O4. The largest absolute Gasteiger partial charge is 0.479 e. The van der Waals surface area contributed by atoms with Gasteiger partial charge in [0, 0.05) is 12.6 Å². The summed E-state index contributed by atoms with van der Waals surface area (Å²) in [6.45, 7) is 2.62. The van der Waals surface area contributed by atoms with Crippen LogP contribution in [0.5, 0.6) is 0 Å². The van der Waals surface area contributed by atoms with E-state index in [1.807, 2.05) is 7.05 Å². The highest BCUT2D eigenvalue weighted by Gasteiger charge is 2.30. The fraction of sp³-hybridized carbons (Fsp3) is 0.818. The second-order valence-electron chi connectivity index (χ2n) is 5.01. The van der Waals surface area contributed by atoms with Crippen LogP contribution in [-0.2, 0) is 4.79 Å². The molecule has 18 heavy (non-hydrogen) atoms. The number of carbonyl (C=O) groups excluding carboxylic acids is 1. The molecule has 0 radical (unpaired) electrons. The van der Waals surface area contributed by atoms with Gasteiger partial charge in [-0.05, 0) is 33.4 Å². The van der Waals surface area contributed by atoms with Gasteiger partial charge in [0.25, 0.3) is 0 Å². The summed E-state index contributed by atoms with van der Waals surface area (Å²) < 4.78 is 0. The number of aliphatic hydroxyl groups is 1. The minimum atomic E-state index is -1.94. The number of hydrogen-bond donors (Lipinski definition) is 4. The highest BCUT2D eigenvalue weighted by atomic mass is 16.4. The monoisotopic (exact) mass is 259 g/mol. The van der Waals surface area contributed by atoms with Crippen LogP contribution >= 0.6 is 0 Å². The zero-order valence-electron chi connectivity index (χ0n) is 10.8. The number of hydrogen-bond acceptors (Lipinski definition) is 4. The molecule has 7 heteroatoms. The van der Waals surface area contributed by atoms with Crippen LogP contribution < -0.4 is 10.6 Å². The molecule has 0 aromatic rings. The Bertz CT molecular complexity index is 319. The van der Waals surface area contributed by atoms with Gasteiger partial charge < -0.3 is 25.7 Å². The molecule has 0 aliphatic carbocycles. The van der Waals surface area contributed by atoms with Crippen molar-refractivity contribution < 1.29 is 19.8 Å². The number of nitrogens with one attached hydrogen (secondary N) is 2. The van der Waals surface area contributed by atoms with Gasteiger partial charge in [0.05, 0.1) is 6.54 Å². The van der Waals surface area contributed by atoms with Gasteiger partial charge in [-0.15, -0.1) is 0 Å². The van der Waals surface area contributed by atoms with Crippen LogP contribution in [0.2, 0.25) is 0 Å². The fourth-order valence-corrected chi connectivity index (χ4v) is 1.85. The number of carboxylic acids is 1. The van der Waals surface area contributed by atoms with Gasteiger partial charge in [0.15, 0.2) is 5.60 Å².